The number of methoxy groups -OCH3 is 2. The van der Waals surface area contributed by atoms with Gasteiger partial charge in [-0.15, -0.1) is 0 Å². The first-order chi connectivity index (χ1) is 19.3. The molecule has 2 N–H and O–H groups in total. The van der Waals surface area contributed by atoms with Gasteiger partial charge in [-0.25, -0.2) is 0 Å². The molecular weight excluding hydrogens is 629 g/mol. The largest absolute Gasteiger partial charge is 0.496 e. The van der Waals surface area contributed by atoms with Gasteiger partial charge < -0.3 is 24.0 Å². The Kier molecular flexibility index (Phi) is 7.87. The minimum absolute atomic E-state index is 0. The molecule has 210 valence electrons. The molecule has 11 heteroatoms. The second-order valence-electron chi connectivity index (χ2n) is 9.17. The van der Waals surface area contributed by atoms with Gasteiger partial charge in [0.2, 0.25) is 0 Å². The molecule has 0 amide bonds. The van der Waals surface area contributed by atoms with Gasteiger partial charge in [0.15, 0.2) is 0 Å². The molecule has 0 aliphatic heterocycles. The molecule has 0 unspecified atom stereocenters. The highest BCUT2D eigenvalue weighted by atomic mass is 79.9. The number of pyridine rings is 2. The fourth-order valence-corrected chi connectivity index (χ4v) is 6.06. The molecule has 0 aliphatic rings. The first-order valence-corrected chi connectivity index (χ1v) is 13.7. The lowest BCUT2D eigenvalue weighted by Gasteiger charge is -2.09. The maximum atomic E-state index is 6.31. The van der Waals surface area contributed by atoms with Gasteiger partial charge in [0.05, 0.1) is 63.4 Å². The average molecular weight is 655 g/mol. The zero-order chi connectivity index (χ0) is 28.1. The van der Waals surface area contributed by atoms with Crippen LogP contribution in [0.25, 0.3) is 54.7 Å². The van der Waals surface area contributed by atoms with Crippen LogP contribution in [0.4, 0.5) is 0 Å². The van der Waals surface area contributed by atoms with Crippen LogP contribution < -0.4 is 9.47 Å². The van der Waals surface area contributed by atoms with Gasteiger partial charge in [0.25, 0.3) is 0 Å². The van der Waals surface area contributed by atoms with E-state index in [1.165, 1.54) is 0 Å². The molecule has 0 aliphatic carbocycles. The SMILES string of the molecule is C.COc1cc2c(cc1-c1c(C)noc1C)[nH]c1cncc(Cl)c12.COc1cc2c(cc1Br)[nH]c1cncc(Cl)c12. The second-order valence-corrected chi connectivity index (χ2v) is 10.8. The second kappa shape index (κ2) is 11.2. The van der Waals surface area contributed by atoms with Crippen molar-refractivity contribution in [2.24, 2.45) is 0 Å². The summed E-state index contributed by atoms with van der Waals surface area (Å²) in [5, 5.41) is 9.24. The number of fused-ring (bicyclic) bond motifs is 6. The number of ether oxygens (including phenoxy) is 2. The van der Waals surface area contributed by atoms with Crippen molar-refractivity contribution in [3.63, 3.8) is 0 Å². The highest BCUT2D eigenvalue weighted by Gasteiger charge is 2.19. The van der Waals surface area contributed by atoms with E-state index in [0.717, 1.165) is 82.2 Å². The third-order valence-corrected chi connectivity index (χ3v) is 8.00. The predicted octanol–water partition coefficient (Wildman–Crippen LogP) is 9.43. The van der Waals surface area contributed by atoms with E-state index in [4.69, 9.17) is 37.2 Å². The number of aromatic amines is 2. The molecule has 8 nitrogen and oxygen atoms in total. The highest BCUT2D eigenvalue weighted by molar-refractivity contribution is 9.10. The topological polar surface area (TPSA) is 102 Å². The molecular formula is C30H26BrCl2N5O3. The fourth-order valence-electron chi connectivity index (χ4n) is 5.04. The third kappa shape index (κ3) is 4.88. The Morgan fingerprint density at radius 1 is 0.756 bits per heavy atom. The van der Waals surface area contributed by atoms with Gasteiger partial charge >= 0.3 is 0 Å². The van der Waals surface area contributed by atoms with Crippen LogP contribution in [0.3, 0.4) is 0 Å². The minimum atomic E-state index is 0. The van der Waals surface area contributed by atoms with E-state index in [0.29, 0.717) is 10.0 Å². The Labute approximate surface area is 254 Å². The molecule has 0 spiro atoms. The zero-order valence-electron chi connectivity index (χ0n) is 21.8. The van der Waals surface area contributed by atoms with Crippen LogP contribution in [0, 0.1) is 13.8 Å². The molecule has 7 aromatic rings. The van der Waals surface area contributed by atoms with Crippen LogP contribution >= 0.6 is 39.1 Å². The Balaban J connectivity index is 0.000000168. The van der Waals surface area contributed by atoms with Crippen molar-refractivity contribution in [2.45, 2.75) is 21.3 Å². The fraction of sp³-hybridized carbons (Fsp3) is 0.167. The van der Waals surface area contributed by atoms with Crippen molar-refractivity contribution in [3.8, 4) is 22.6 Å². The summed E-state index contributed by atoms with van der Waals surface area (Å²) >= 11 is 16.0. The van der Waals surface area contributed by atoms with Crippen LogP contribution in [0.2, 0.25) is 10.0 Å². The Morgan fingerprint density at radius 3 is 1.80 bits per heavy atom. The number of benzene rings is 2. The molecule has 0 atom stereocenters. The van der Waals surface area contributed by atoms with Crippen molar-refractivity contribution in [2.75, 3.05) is 14.2 Å². The third-order valence-electron chi connectivity index (χ3n) is 6.81. The molecule has 7 rings (SSSR count). The van der Waals surface area contributed by atoms with Crippen LogP contribution in [0.15, 0.2) is 58.0 Å². The lowest BCUT2D eigenvalue weighted by molar-refractivity contribution is 0.393. The van der Waals surface area contributed by atoms with Gasteiger partial charge in [-0.2, -0.15) is 0 Å². The first-order valence-electron chi connectivity index (χ1n) is 12.1. The molecule has 41 heavy (non-hydrogen) atoms. The summed E-state index contributed by atoms with van der Waals surface area (Å²) in [4.78, 5) is 14.8. The predicted molar refractivity (Wildman–Crippen MR) is 170 cm³/mol. The first kappa shape index (κ1) is 28.7. The summed E-state index contributed by atoms with van der Waals surface area (Å²) in [7, 11) is 3.30. The summed E-state index contributed by atoms with van der Waals surface area (Å²) in [6, 6.07) is 7.97. The van der Waals surface area contributed by atoms with E-state index in [-0.39, 0.29) is 7.43 Å². The van der Waals surface area contributed by atoms with E-state index in [1.54, 1.807) is 39.0 Å². The summed E-state index contributed by atoms with van der Waals surface area (Å²) in [6.07, 6.45) is 6.82. The molecule has 5 aromatic heterocycles. The maximum Gasteiger partial charge on any atom is 0.141 e. The van der Waals surface area contributed by atoms with Crippen molar-refractivity contribution < 1.29 is 14.0 Å². The molecule has 0 fully saturated rings. The summed E-state index contributed by atoms with van der Waals surface area (Å²) in [5.41, 5.74) is 6.50. The number of rotatable bonds is 3. The Hall–Kier alpha value is -3.79. The normalized spacial score (nSPS) is 11.1. The monoisotopic (exact) mass is 653 g/mol. The van der Waals surface area contributed by atoms with Crippen molar-refractivity contribution >= 4 is 82.7 Å². The standard InChI is InChI=1S/C17H14ClN3O2.C12H8BrClN2O.CH4/c1-8-16(9(2)23-21-8)11-4-13-10(5-15(11)22-3)17-12(18)6-19-7-14(17)20-13;1-17-11-2-6-9(3-7(11)13)16-10-5-15-4-8(14)12(6)10;/h4-7,20H,1-3H3;2-5,16H,1H3;1H4. The van der Waals surface area contributed by atoms with Crippen LogP contribution in [-0.4, -0.2) is 39.3 Å². The molecule has 0 saturated carbocycles. The van der Waals surface area contributed by atoms with Gasteiger partial charge in [0.1, 0.15) is 17.3 Å². The number of aromatic nitrogens is 5. The number of halogens is 3. The van der Waals surface area contributed by atoms with Gasteiger partial charge in [0, 0.05) is 50.5 Å². The maximum absolute atomic E-state index is 6.31. The number of nitrogens with one attached hydrogen (secondary N) is 2. The van der Waals surface area contributed by atoms with E-state index in [9.17, 15) is 0 Å². The molecule has 5 heterocycles. The molecule has 2 aromatic carbocycles. The smallest absolute Gasteiger partial charge is 0.141 e. The minimum Gasteiger partial charge on any atom is -0.496 e. The summed E-state index contributed by atoms with van der Waals surface area (Å²) in [6.45, 7) is 3.81. The number of aryl methyl sites for hydroxylation is 2. The van der Waals surface area contributed by atoms with Gasteiger partial charge in [-0.1, -0.05) is 35.8 Å². The average Bonchev–Trinajstić information content (AvgIpc) is 3.60. The lowest BCUT2D eigenvalue weighted by Crippen LogP contribution is -1.90. The Morgan fingerprint density at radius 2 is 1.29 bits per heavy atom. The number of hydrogen-bond acceptors (Lipinski definition) is 6. The number of hydrogen-bond donors (Lipinski definition) is 2. The number of H-pyrrole nitrogens is 2. The quantitative estimate of drug-likeness (QED) is 0.197. The van der Waals surface area contributed by atoms with Crippen molar-refractivity contribution in [1.82, 2.24) is 25.1 Å². The summed E-state index contributed by atoms with van der Waals surface area (Å²) in [5.74, 6) is 2.29. The van der Waals surface area contributed by atoms with Gasteiger partial charge in [-0.3, -0.25) is 9.97 Å². The van der Waals surface area contributed by atoms with Gasteiger partial charge in [-0.05, 0) is 54.0 Å². The molecule has 0 saturated heterocycles. The van der Waals surface area contributed by atoms with Crippen LogP contribution in [0.1, 0.15) is 18.9 Å². The lowest BCUT2D eigenvalue weighted by atomic mass is 10.0. The number of nitrogens with zero attached hydrogens (tertiary/aromatic N) is 3. The highest BCUT2D eigenvalue weighted by Crippen LogP contribution is 2.41. The molecule has 0 bridgehead atoms. The molecule has 0 radical (unpaired) electrons. The van der Waals surface area contributed by atoms with Crippen molar-refractivity contribution in [1.29, 1.82) is 0 Å². The Bertz CT molecular complexity index is 2050. The van der Waals surface area contributed by atoms with Crippen LogP contribution in [0.5, 0.6) is 11.5 Å². The van der Waals surface area contributed by atoms with E-state index >= 15 is 0 Å². The van der Waals surface area contributed by atoms with E-state index in [1.807, 2.05) is 38.1 Å². The van der Waals surface area contributed by atoms with Crippen LogP contribution in [-0.2, 0) is 0 Å². The summed E-state index contributed by atoms with van der Waals surface area (Å²) < 4.78 is 17.1. The van der Waals surface area contributed by atoms with E-state index in [2.05, 4.69) is 41.0 Å². The van der Waals surface area contributed by atoms with Crippen molar-refractivity contribution in [3.05, 3.63) is 75.0 Å². The zero-order valence-corrected chi connectivity index (χ0v) is 24.9. The van der Waals surface area contributed by atoms with E-state index < -0.39 is 0 Å².